The maximum atomic E-state index is 11.8. The van der Waals surface area contributed by atoms with Crippen LogP contribution in [0.5, 0.6) is 0 Å². The predicted octanol–water partition coefficient (Wildman–Crippen LogP) is 2.67. The minimum atomic E-state index is -0.0155. The predicted molar refractivity (Wildman–Crippen MR) is 71.0 cm³/mol. The Hall–Kier alpha value is -1.51. The number of nitrogens with one attached hydrogen (secondary N) is 2. The van der Waals surface area contributed by atoms with Gasteiger partial charge in [0.15, 0.2) is 0 Å². The number of carbonyl (C=O) groups excluding carboxylic acids is 1. The zero-order valence-electron chi connectivity index (χ0n) is 10.6. The van der Waals surface area contributed by atoms with E-state index in [0.717, 1.165) is 17.4 Å². The summed E-state index contributed by atoms with van der Waals surface area (Å²) in [5.74, 6) is 1.53. The maximum absolute atomic E-state index is 11.8. The van der Waals surface area contributed by atoms with Crippen LogP contribution >= 0.6 is 0 Å². The summed E-state index contributed by atoms with van der Waals surface area (Å²) >= 11 is 0. The zero-order chi connectivity index (χ0) is 12.4. The minimum Gasteiger partial charge on any atom is -0.335 e. The molecular weight excluding hydrogens is 224 g/mol. The van der Waals surface area contributed by atoms with Crippen LogP contribution in [0.3, 0.4) is 0 Å². The second-order valence-electron chi connectivity index (χ2n) is 5.45. The SMILES string of the molecule is O=C(NCc1ccccc1)NC1C2CCCCC21. The maximum Gasteiger partial charge on any atom is 0.315 e. The van der Waals surface area contributed by atoms with Gasteiger partial charge in [0.25, 0.3) is 0 Å². The second kappa shape index (κ2) is 5.01. The van der Waals surface area contributed by atoms with E-state index in [1.54, 1.807) is 0 Å². The van der Waals surface area contributed by atoms with Crippen molar-refractivity contribution < 1.29 is 4.79 Å². The fourth-order valence-corrected chi connectivity index (χ4v) is 3.19. The molecule has 0 aromatic heterocycles. The van der Waals surface area contributed by atoms with Gasteiger partial charge < -0.3 is 10.6 Å². The van der Waals surface area contributed by atoms with Gasteiger partial charge >= 0.3 is 6.03 Å². The molecule has 0 aliphatic heterocycles. The van der Waals surface area contributed by atoms with Crippen LogP contribution in [0, 0.1) is 11.8 Å². The number of amides is 2. The Labute approximate surface area is 108 Å². The van der Waals surface area contributed by atoms with Crippen LogP contribution in [0.2, 0.25) is 0 Å². The van der Waals surface area contributed by atoms with Gasteiger partial charge in [-0.3, -0.25) is 0 Å². The van der Waals surface area contributed by atoms with Gasteiger partial charge in [-0.1, -0.05) is 43.2 Å². The van der Waals surface area contributed by atoms with Gasteiger partial charge in [0, 0.05) is 12.6 Å². The summed E-state index contributed by atoms with van der Waals surface area (Å²) in [4.78, 5) is 11.8. The molecule has 2 aliphatic carbocycles. The Balaban J connectivity index is 1.43. The highest BCUT2D eigenvalue weighted by Crippen LogP contribution is 2.49. The van der Waals surface area contributed by atoms with Crippen LogP contribution in [-0.2, 0) is 6.54 Å². The number of rotatable bonds is 3. The molecule has 3 rings (SSSR count). The second-order valence-corrected chi connectivity index (χ2v) is 5.45. The van der Waals surface area contributed by atoms with Gasteiger partial charge in [-0.05, 0) is 30.2 Å². The average Bonchev–Trinajstić information content (AvgIpc) is 3.11. The smallest absolute Gasteiger partial charge is 0.315 e. The van der Waals surface area contributed by atoms with Crippen LogP contribution in [0.4, 0.5) is 4.79 Å². The third-order valence-electron chi connectivity index (χ3n) is 4.25. The lowest BCUT2D eigenvalue weighted by Crippen LogP contribution is -2.37. The number of hydrogen-bond acceptors (Lipinski definition) is 1. The molecule has 0 heterocycles. The number of urea groups is 1. The summed E-state index contributed by atoms with van der Waals surface area (Å²) in [6.45, 7) is 0.606. The first-order valence-corrected chi connectivity index (χ1v) is 6.93. The number of benzene rings is 1. The van der Waals surface area contributed by atoms with Crippen molar-refractivity contribution in [3.63, 3.8) is 0 Å². The van der Waals surface area contributed by atoms with Crippen LogP contribution in [0.1, 0.15) is 31.2 Å². The topological polar surface area (TPSA) is 41.1 Å². The van der Waals surface area contributed by atoms with Gasteiger partial charge in [0.1, 0.15) is 0 Å². The number of fused-ring (bicyclic) bond motifs is 1. The van der Waals surface area contributed by atoms with E-state index >= 15 is 0 Å². The van der Waals surface area contributed by atoms with E-state index in [2.05, 4.69) is 10.6 Å². The van der Waals surface area contributed by atoms with Crippen LogP contribution in [-0.4, -0.2) is 12.1 Å². The Morgan fingerprint density at radius 3 is 2.44 bits per heavy atom. The highest BCUT2D eigenvalue weighted by atomic mass is 16.2. The third kappa shape index (κ3) is 2.50. The van der Waals surface area contributed by atoms with Crippen molar-refractivity contribution in [3.05, 3.63) is 35.9 Å². The van der Waals surface area contributed by atoms with E-state index < -0.39 is 0 Å². The molecule has 0 saturated heterocycles. The normalized spacial score (nSPS) is 29.2. The van der Waals surface area contributed by atoms with Gasteiger partial charge in [0.2, 0.25) is 0 Å². The summed E-state index contributed by atoms with van der Waals surface area (Å²) in [6, 6.07) is 10.4. The van der Waals surface area contributed by atoms with E-state index in [0.29, 0.717) is 12.6 Å². The molecule has 0 spiro atoms. The molecule has 2 fully saturated rings. The lowest BCUT2D eigenvalue weighted by Gasteiger charge is -2.07. The summed E-state index contributed by atoms with van der Waals surface area (Å²) < 4.78 is 0. The molecule has 0 bridgehead atoms. The van der Waals surface area contributed by atoms with E-state index in [1.807, 2.05) is 30.3 Å². The fourth-order valence-electron chi connectivity index (χ4n) is 3.19. The van der Waals surface area contributed by atoms with E-state index in [4.69, 9.17) is 0 Å². The molecule has 1 aromatic rings. The summed E-state index contributed by atoms with van der Waals surface area (Å²) in [7, 11) is 0. The Bertz CT molecular complexity index is 406. The highest BCUT2D eigenvalue weighted by molar-refractivity contribution is 5.74. The molecule has 96 valence electrons. The van der Waals surface area contributed by atoms with Crippen LogP contribution in [0.15, 0.2) is 30.3 Å². The first kappa shape index (κ1) is 11.6. The van der Waals surface area contributed by atoms with Crippen molar-refractivity contribution in [2.45, 2.75) is 38.3 Å². The van der Waals surface area contributed by atoms with Gasteiger partial charge in [-0.25, -0.2) is 4.79 Å². The number of carbonyl (C=O) groups is 1. The molecule has 2 saturated carbocycles. The van der Waals surface area contributed by atoms with E-state index in [-0.39, 0.29) is 6.03 Å². The summed E-state index contributed by atoms with van der Waals surface area (Å²) in [6.07, 6.45) is 5.28. The van der Waals surface area contributed by atoms with Crippen molar-refractivity contribution in [1.29, 1.82) is 0 Å². The molecule has 2 unspecified atom stereocenters. The van der Waals surface area contributed by atoms with Gasteiger partial charge in [-0.15, -0.1) is 0 Å². The van der Waals surface area contributed by atoms with Crippen molar-refractivity contribution in [2.75, 3.05) is 0 Å². The molecule has 18 heavy (non-hydrogen) atoms. The molecular formula is C15H20N2O. The van der Waals surface area contributed by atoms with Crippen LogP contribution in [0.25, 0.3) is 0 Å². The molecule has 1 aromatic carbocycles. The quantitative estimate of drug-likeness (QED) is 0.843. The average molecular weight is 244 g/mol. The molecule has 2 N–H and O–H groups in total. The summed E-state index contributed by atoms with van der Waals surface area (Å²) in [5.41, 5.74) is 1.14. The summed E-state index contributed by atoms with van der Waals surface area (Å²) in [5, 5.41) is 6.05. The van der Waals surface area contributed by atoms with Crippen molar-refractivity contribution >= 4 is 6.03 Å². The monoisotopic (exact) mass is 244 g/mol. The van der Waals surface area contributed by atoms with Crippen molar-refractivity contribution in [1.82, 2.24) is 10.6 Å². The van der Waals surface area contributed by atoms with Gasteiger partial charge in [0.05, 0.1) is 0 Å². The first-order chi connectivity index (χ1) is 8.84. The molecule has 2 amide bonds. The minimum absolute atomic E-state index is 0.0155. The van der Waals surface area contributed by atoms with Crippen molar-refractivity contribution in [3.8, 4) is 0 Å². The zero-order valence-corrected chi connectivity index (χ0v) is 10.6. The Kier molecular flexibility index (Phi) is 3.22. The molecule has 2 atom stereocenters. The molecule has 3 nitrogen and oxygen atoms in total. The van der Waals surface area contributed by atoms with Crippen LogP contribution < -0.4 is 10.6 Å². The molecule has 3 heteroatoms. The number of hydrogen-bond donors (Lipinski definition) is 2. The largest absolute Gasteiger partial charge is 0.335 e. The Morgan fingerprint density at radius 1 is 1.11 bits per heavy atom. The molecule has 0 radical (unpaired) electrons. The standard InChI is InChI=1S/C15H20N2O/c18-15(16-10-11-6-2-1-3-7-11)17-14-12-8-4-5-9-13(12)14/h1-3,6-7,12-14H,4-5,8-10H2,(H2,16,17,18). The fraction of sp³-hybridized carbons (Fsp3) is 0.533. The lowest BCUT2D eigenvalue weighted by atomic mass is 10.0. The highest BCUT2D eigenvalue weighted by Gasteiger charge is 2.51. The Morgan fingerprint density at radius 2 is 1.78 bits per heavy atom. The lowest BCUT2D eigenvalue weighted by molar-refractivity contribution is 0.239. The first-order valence-electron chi connectivity index (χ1n) is 6.93. The molecule has 2 aliphatic rings. The van der Waals surface area contributed by atoms with Gasteiger partial charge in [-0.2, -0.15) is 0 Å². The third-order valence-corrected chi connectivity index (χ3v) is 4.25. The van der Waals surface area contributed by atoms with E-state index in [1.165, 1.54) is 25.7 Å². The van der Waals surface area contributed by atoms with Crippen molar-refractivity contribution in [2.24, 2.45) is 11.8 Å². The van der Waals surface area contributed by atoms with E-state index in [9.17, 15) is 4.79 Å².